The van der Waals surface area contributed by atoms with Crippen LogP contribution >= 0.6 is 0 Å². The van der Waals surface area contributed by atoms with Gasteiger partial charge < -0.3 is 80.8 Å². The highest BCUT2D eigenvalue weighted by molar-refractivity contribution is 5.98. The number of esters is 1. The lowest BCUT2D eigenvalue weighted by atomic mass is 9.98. The molecule has 26 heteroatoms. The Kier molecular flexibility index (Phi) is 27.8. The Labute approximate surface area is 639 Å². The first kappa shape index (κ1) is 80.3. The zero-order chi connectivity index (χ0) is 78.3. The first-order valence-corrected chi connectivity index (χ1v) is 36.8. The molecule has 0 radical (unpaired) electrons. The van der Waals surface area contributed by atoms with Gasteiger partial charge in [-0.2, -0.15) is 0 Å². The molecule has 9 N–H and O–H groups in total. The molecule has 1 fully saturated rings. The van der Waals surface area contributed by atoms with Crippen molar-refractivity contribution in [3.63, 3.8) is 0 Å². The summed E-state index contributed by atoms with van der Waals surface area (Å²) in [6, 6.07) is 48.0. The molecule has 578 valence electrons. The van der Waals surface area contributed by atoms with E-state index in [4.69, 9.17) is 28.4 Å². The van der Waals surface area contributed by atoms with Gasteiger partial charge in [-0.3, -0.25) is 24.0 Å². The van der Waals surface area contributed by atoms with Crippen LogP contribution in [0.1, 0.15) is 118 Å². The summed E-state index contributed by atoms with van der Waals surface area (Å²) in [6.07, 6.45) is -2.65. The average Bonchev–Trinajstić information content (AvgIpc) is 1.62. The monoisotopic (exact) mass is 1500 g/mol. The second-order valence-corrected chi connectivity index (χ2v) is 29.0. The number of fused-ring (bicyclic) bond motifs is 4. The van der Waals surface area contributed by atoms with Crippen LogP contribution in [0.25, 0.3) is 22.0 Å². The van der Waals surface area contributed by atoms with E-state index in [1.807, 2.05) is 103 Å². The molecule has 0 spiro atoms. The van der Waals surface area contributed by atoms with Crippen LogP contribution in [0.2, 0.25) is 0 Å². The second-order valence-electron chi connectivity index (χ2n) is 29.0. The average molecular weight is 1500 g/mol. The van der Waals surface area contributed by atoms with E-state index in [1.54, 1.807) is 133 Å². The van der Waals surface area contributed by atoms with Crippen LogP contribution in [0, 0.1) is 0 Å². The van der Waals surface area contributed by atoms with E-state index < -0.39 is 120 Å². The van der Waals surface area contributed by atoms with Crippen molar-refractivity contribution in [2.45, 2.75) is 153 Å². The van der Waals surface area contributed by atoms with Crippen LogP contribution < -0.4 is 47.3 Å². The van der Waals surface area contributed by atoms with Crippen LogP contribution in [-0.2, 0) is 78.3 Å². The topological polar surface area (TPSA) is 341 Å². The summed E-state index contributed by atoms with van der Waals surface area (Å²) in [6.45, 7) is 10.1. The Morgan fingerprint density at radius 1 is 0.509 bits per heavy atom. The van der Waals surface area contributed by atoms with Crippen molar-refractivity contribution < 1.29 is 76.4 Å². The Balaban J connectivity index is 0.931. The molecule has 26 nitrogen and oxygen atoms in total. The van der Waals surface area contributed by atoms with Gasteiger partial charge in [0.2, 0.25) is 29.5 Å². The molecule has 1 aromatic heterocycles. The normalized spacial score (nSPS) is 15.1. The van der Waals surface area contributed by atoms with Crippen LogP contribution in [0.3, 0.4) is 0 Å². The fourth-order valence-electron chi connectivity index (χ4n) is 13.2. The molecule has 7 aromatic carbocycles. The smallest absolute Gasteiger partial charge is 0.407 e. The Bertz CT molecular complexity index is 4440. The minimum atomic E-state index is -1.59. The number of aromatic amines is 1. The number of carbonyl (C=O) groups excluding carboxylic acids is 10. The van der Waals surface area contributed by atoms with Crippen LogP contribution in [0.4, 0.5) is 19.2 Å². The number of H-pyrrole nitrogens is 1. The summed E-state index contributed by atoms with van der Waals surface area (Å²) in [5, 5.41) is 22.8. The van der Waals surface area contributed by atoms with E-state index in [1.165, 1.54) is 12.0 Å². The van der Waals surface area contributed by atoms with Crippen LogP contribution in [0.15, 0.2) is 194 Å². The molecule has 0 unspecified atom stereocenters. The summed E-state index contributed by atoms with van der Waals surface area (Å²) in [5.41, 5.74) is 6.19. The number of carbonyl (C=O) groups is 10. The molecule has 2 aliphatic rings. The summed E-state index contributed by atoms with van der Waals surface area (Å²) in [5.74, 6) is -4.73. The number of likely N-dealkylation sites (tertiary alicyclic amines) is 1. The number of ether oxygens (including phenoxy) is 6. The van der Waals surface area contributed by atoms with Gasteiger partial charge in [0.25, 0.3) is 0 Å². The van der Waals surface area contributed by atoms with Gasteiger partial charge >= 0.3 is 30.3 Å². The molecule has 110 heavy (non-hydrogen) atoms. The third kappa shape index (κ3) is 23.2. The first-order valence-electron chi connectivity index (χ1n) is 36.8. The number of hydrogen-bond acceptors (Lipinski definition) is 16. The van der Waals surface area contributed by atoms with Gasteiger partial charge in [-0.25, -0.2) is 24.0 Å². The number of nitrogens with one attached hydrogen (secondary N) is 9. The Morgan fingerprint density at radius 3 is 1.66 bits per heavy atom. The van der Waals surface area contributed by atoms with Crippen molar-refractivity contribution in [2.75, 3.05) is 39.9 Å². The number of unbranched alkanes of at least 4 members (excludes halogenated alkanes) is 1. The highest BCUT2D eigenvalue weighted by atomic mass is 16.6. The first-order chi connectivity index (χ1) is 52.8. The Hall–Kier alpha value is -12.2. The minimum Gasteiger partial charge on any atom is -0.489 e. The van der Waals surface area contributed by atoms with Crippen LogP contribution in [0.5, 0.6) is 5.75 Å². The molecular formula is C84H96N10O16. The maximum atomic E-state index is 16.0. The molecule has 0 saturated carbocycles. The zero-order valence-electron chi connectivity index (χ0n) is 62.8. The molecule has 10 rings (SSSR count). The van der Waals surface area contributed by atoms with Crippen molar-refractivity contribution in [1.29, 1.82) is 0 Å². The van der Waals surface area contributed by atoms with Gasteiger partial charge in [0.15, 0.2) is 0 Å². The third-order valence-electron chi connectivity index (χ3n) is 18.4. The molecule has 1 aliphatic heterocycles. The number of nitrogens with zero attached hydrogens (tertiary/aromatic N) is 1. The molecule has 9 amide bonds. The van der Waals surface area contributed by atoms with Gasteiger partial charge in [0.1, 0.15) is 72.5 Å². The van der Waals surface area contributed by atoms with Crippen LogP contribution in [-0.4, -0.2) is 157 Å². The number of alkyl carbamates (subject to hydrolysis) is 4. The van der Waals surface area contributed by atoms with Gasteiger partial charge in [0.05, 0.1) is 13.7 Å². The molecule has 0 bridgehead atoms. The molecule has 1 aliphatic carbocycles. The molecule has 2 heterocycles. The van der Waals surface area contributed by atoms with E-state index in [9.17, 15) is 28.8 Å². The number of hydrogen-bond donors (Lipinski definition) is 9. The number of rotatable bonds is 32. The van der Waals surface area contributed by atoms with Gasteiger partial charge in [-0.15, -0.1) is 0 Å². The predicted octanol–water partition coefficient (Wildman–Crippen LogP) is 10.1. The molecular weight excluding hydrogens is 1400 g/mol. The summed E-state index contributed by atoms with van der Waals surface area (Å²) >= 11 is 0. The lowest BCUT2D eigenvalue weighted by molar-refractivity contribution is -0.145. The van der Waals surface area contributed by atoms with Gasteiger partial charge in [-0.1, -0.05) is 170 Å². The quantitative estimate of drug-likeness (QED) is 0.0107. The second kappa shape index (κ2) is 38.0. The van der Waals surface area contributed by atoms with E-state index in [0.717, 1.165) is 38.7 Å². The summed E-state index contributed by atoms with van der Waals surface area (Å²) in [4.78, 5) is 148. The number of para-hydroxylation sites is 1. The number of aromatic nitrogens is 1. The number of methoxy groups -OCH3 is 1. The highest BCUT2D eigenvalue weighted by Gasteiger charge is 2.46. The van der Waals surface area contributed by atoms with Gasteiger partial charge in [-0.05, 0) is 129 Å². The van der Waals surface area contributed by atoms with Crippen molar-refractivity contribution in [2.24, 2.45) is 0 Å². The molecule has 7 atom stereocenters. The maximum absolute atomic E-state index is 16.0. The van der Waals surface area contributed by atoms with Crippen molar-refractivity contribution >= 4 is 70.8 Å². The standard InChI is InChI=1S/C84H96N10O16/c1-83(2,3)109-80(102)85-42-24-23-37-67(78(100)105-7)89-74(96)69(47-57-49-88-66-36-22-21-31-60(57)66)90-76(98)72(56-29-15-10-16-30-56)93-75(97)71-48-59(108-79(101)86-43-44-87-81(103)110-84(4,5)6)50-94(71)77(99)70(46-53-25-11-8-12-26-53)91-73(95)68(45-54-38-40-58(41-39-54)106-51-55-27-13-9-14-28-55)92-82(104)107-52-65-63-34-19-17-32-61(63)62-33-18-20-35-64(62)65/h8-22,25-36,38-41,49,59,65,67-72,88H,23-24,37,42-48,50-52H2,1-7H3,(H,85,102)(H,86,101)(H,87,103)(H,89,96)(H,90,98)(H,91,95)(H,92,104)(H,93,97)/t59-,67+,68+,69-,70+,71+,72+/m1/s1. The molecule has 1 saturated heterocycles. The fraction of sp³-hybridized carbons (Fsp3) is 0.357. The highest BCUT2D eigenvalue weighted by Crippen LogP contribution is 2.44. The SMILES string of the molecule is COC(=O)[C@H](CCCCNC(=O)OC(C)(C)C)NC(=O)[C@@H](Cc1c[nH]c2ccccc12)NC(=O)[C@@H](NC(=O)[C@@H]1C[C@@H](OC(=O)NCCNC(=O)OC(C)(C)C)CN1C(=O)[C@H](Cc1ccccc1)NC(=O)[C@H](Cc1ccc(OCc2ccccc2)cc1)NC(=O)OCC1c2ccccc2-c2ccccc21)c1ccccc1. The summed E-state index contributed by atoms with van der Waals surface area (Å²) in [7, 11) is 1.18. The van der Waals surface area contributed by atoms with Crippen molar-refractivity contribution in [3.8, 4) is 16.9 Å². The largest absolute Gasteiger partial charge is 0.489 e. The zero-order valence-corrected chi connectivity index (χ0v) is 62.8. The maximum Gasteiger partial charge on any atom is 0.407 e. The predicted molar refractivity (Wildman–Crippen MR) is 411 cm³/mol. The third-order valence-corrected chi connectivity index (χ3v) is 18.4. The minimum absolute atomic E-state index is 0.0629. The van der Waals surface area contributed by atoms with E-state index in [2.05, 4.69) is 47.5 Å². The van der Waals surface area contributed by atoms with E-state index in [-0.39, 0.29) is 69.8 Å². The van der Waals surface area contributed by atoms with Crippen molar-refractivity contribution in [3.05, 3.63) is 233 Å². The number of amides is 9. The molecule has 8 aromatic rings. The fourth-order valence-corrected chi connectivity index (χ4v) is 13.2. The lowest BCUT2D eigenvalue weighted by Gasteiger charge is -2.31. The van der Waals surface area contributed by atoms with Crippen molar-refractivity contribution in [1.82, 2.24) is 52.4 Å². The van der Waals surface area contributed by atoms with E-state index in [0.29, 0.717) is 41.9 Å². The lowest BCUT2D eigenvalue weighted by Crippen LogP contribution is -2.58. The Morgan fingerprint density at radius 2 is 1.04 bits per heavy atom. The summed E-state index contributed by atoms with van der Waals surface area (Å²) < 4.78 is 33.9. The van der Waals surface area contributed by atoms with Gasteiger partial charge in [0, 0.05) is 68.3 Å². The van der Waals surface area contributed by atoms with E-state index >= 15 is 19.2 Å². The number of benzene rings is 7.